The van der Waals surface area contributed by atoms with Gasteiger partial charge in [0.1, 0.15) is 12.7 Å². The first kappa shape index (κ1) is 25.8. The topological polar surface area (TPSA) is 38.7 Å². The zero-order valence-electron chi connectivity index (χ0n) is 25.1. The van der Waals surface area contributed by atoms with Crippen molar-refractivity contribution in [3.63, 3.8) is 0 Å². The number of benzene rings is 7. The van der Waals surface area contributed by atoms with Crippen molar-refractivity contribution in [2.45, 2.75) is 19.3 Å². The Morgan fingerprint density at radius 3 is 1.91 bits per heavy atom. The molecule has 212 valence electrons. The lowest BCUT2D eigenvalue weighted by atomic mass is 9.80. The Morgan fingerprint density at radius 1 is 0.444 bits per heavy atom. The van der Waals surface area contributed by atoms with Crippen molar-refractivity contribution in [3.8, 4) is 44.8 Å². The first-order chi connectivity index (χ1) is 22.1. The van der Waals surface area contributed by atoms with Gasteiger partial charge in [-0.05, 0) is 95.0 Å². The molecule has 1 aromatic heterocycles. The zero-order chi connectivity index (χ0) is 30.1. The van der Waals surface area contributed by atoms with Gasteiger partial charge in [0, 0.05) is 11.0 Å². The van der Waals surface area contributed by atoms with Crippen LogP contribution >= 0.6 is 0 Å². The average Bonchev–Trinajstić information content (AvgIpc) is 3.32. The summed E-state index contributed by atoms with van der Waals surface area (Å²) in [6.45, 7) is 4.69. The minimum atomic E-state index is -0.0887. The van der Waals surface area contributed by atoms with Crippen LogP contribution in [0.15, 0.2) is 140 Å². The van der Waals surface area contributed by atoms with E-state index in [1.54, 1.807) is 12.7 Å². The van der Waals surface area contributed by atoms with E-state index in [0.717, 1.165) is 16.3 Å². The minimum absolute atomic E-state index is 0.0887. The molecule has 0 bridgehead atoms. The van der Waals surface area contributed by atoms with Crippen LogP contribution in [0.4, 0.5) is 0 Å². The van der Waals surface area contributed by atoms with Gasteiger partial charge in [0.05, 0.1) is 0 Å². The fourth-order valence-electron chi connectivity index (χ4n) is 7.51. The lowest BCUT2D eigenvalue weighted by Gasteiger charge is -2.23. The molecule has 1 aliphatic rings. The maximum Gasteiger partial charge on any atom is 0.163 e. The Morgan fingerprint density at radius 2 is 1.07 bits per heavy atom. The molecule has 1 heterocycles. The van der Waals surface area contributed by atoms with Gasteiger partial charge in [-0.2, -0.15) is 0 Å². The Kier molecular flexibility index (Phi) is 5.54. The molecule has 0 saturated carbocycles. The van der Waals surface area contributed by atoms with Gasteiger partial charge in [-0.3, -0.25) is 0 Å². The molecular formula is C42H29N3. The van der Waals surface area contributed by atoms with Crippen LogP contribution < -0.4 is 0 Å². The molecule has 0 atom stereocenters. The summed E-state index contributed by atoms with van der Waals surface area (Å²) in [6, 6.07) is 46.7. The van der Waals surface area contributed by atoms with E-state index < -0.39 is 0 Å². The van der Waals surface area contributed by atoms with E-state index in [1.165, 1.54) is 66.1 Å². The third-order valence-corrected chi connectivity index (χ3v) is 9.70. The second-order valence-electron chi connectivity index (χ2n) is 12.5. The number of hydrogen-bond acceptors (Lipinski definition) is 3. The van der Waals surface area contributed by atoms with Crippen molar-refractivity contribution in [1.29, 1.82) is 0 Å². The number of nitrogens with zero attached hydrogens (tertiary/aromatic N) is 3. The molecule has 9 rings (SSSR count). The largest absolute Gasteiger partial charge is 0.225 e. The molecule has 3 heteroatoms. The van der Waals surface area contributed by atoms with E-state index in [1.807, 2.05) is 0 Å². The number of rotatable bonds is 3. The van der Waals surface area contributed by atoms with Gasteiger partial charge in [0.25, 0.3) is 0 Å². The van der Waals surface area contributed by atoms with Crippen LogP contribution in [0.1, 0.15) is 25.0 Å². The van der Waals surface area contributed by atoms with E-state index in [0.29, 0.717) is 5.82 Å². The maximum absolute atomic E-state index is 4.63. The highest BCUT2D eigenvalue weighted by Crippen LogP contribution is 2.51. The molecule has 0 unspecified atom stereocenters. The van der Waals surface area contributed by atoms with Crippen molar-refractivity contribution in [2.75, 3.05) is 0 Å². The van der Waals surface area contributed by atoms with Crippen LogP contribution in [0.3, 0.4) is 0 Å². The third-order valence-electron chi connectivity index (χ3n) is 9.70. The minimum Gasteiger partial charge on any atom is -0.225 e. The monoisotopic (exact) mass is 575 g/mol. The molecule has 0 radical (unpaired) electrons. The highest BCUT2D eigenvalue weighted by atomic mass is 15.0. The Labute approximate surface area is 261 Å². The van der Waals surface area contributed by atoms with Gasteiger partial charge >= 0.3 is 0 Å². The van der Waals surface area contributed by atoms with E-state index >= 15 is 0 Å². The van der Waals surface area contributed by atoms with Crippen LogP contribution in [0, 0.1) is 0 Å². The highest BCUT2D eigenvalue weighted by molar-refractivity contribution is 6.21. The van der Waals surface area contributed by atoms with Crippen molar-refractivity contribution in [1.82, 2.24) is 15.0 Å². The first-order valence-corrected chi connectivity index (χ1v) is 15.4. The molecule has 0 spiro atoms. The third kappa shape index (κ3) is 3.87. The molecule has 0 fully saturated rings. The number of hydrogen-bond donors (Lipinski definition) is 0. The Hall–Kier alpha value is -5.67. The molecule has 7 aromatic carbocycles. The van der Waals surface area contributed by atoms with E-state index in [9.17, 15) is 0 Å². The molecule has 0 saturated heterocycles. The quantitative estimate of drug-likeness (QED) is 0.197. The standard InChI is InChI=1S/C42H29N3/c1-42(2)37-14-8-7-11-31(37)32-19-18-30(23-38(32)42)39-33-12-5-6-13-34(33)40(41-44-24-43-25-45-41)35-20-17-29(22-36(35)39)28-16-15-26-9-3-4-10-27(26)21-28/h3-25H,1-2H3. The second-order valence-corrected chi connectivity index (χ2v) is 12.5. The van der Waals surface area contributed by atoms with Crippen molar-refractivity contribution >= 4 is 32.3 Å². The summed E-state index contributed by atoms with van der Waals surface area (Å²) < 4.78 is 0. The smallest absolute Gasteiger partial charge is 0.163 e. The Bertz CT molecular complexity index is 2460. The summed E-state index contributed by atoms with van der Waals surface area (Å²) >= 11 is 0. The van der Waals surface area contributed by atoms with Crippen LogP contribution in [-0.2, 0) is 5.41 Å². The van der Waals surface area contributed by atoms with E-state index in [2.05, 4.69) is 156 Å². The van der Waals surface area contributed by atoms with Gasteiger partial charge in [0.2, 0.25) is 0 Å². The van der Waals surface area contributed by atoms with Crippen molar-refractivity contribution in [2.24, 2.45) is 0 Å². The highest BCUT2D eigenvalue weighted by Gasteiger charge is 2.35. The average molecular weight is 576 g/mol. The van der Waals surface area contributed by atoms with Gasteiger partial charge in [-0.15, -0.1) is 0 Å². The van der Waals surface area contributed by atoms with Crippen molar-refractivity contribution < 1.29 is 0 Å². The molecule has 45 heavy (non-hydrogen) atoms. The molecule has 8 aromatic rings. The zero-order valence-corrected chi connectivity index (χ0v) is 25.1. The van der Waals surface area contributed by atoms with Gasteiger partial charge < -0.3 is 0 Å². The number of aromatic nitrogens is 3. The molecule has 0 amide bonds. The van der Waals surface area contributed by atoms with Crippen LogP contribution in [0.2, 0.25) is 0 Å². The normalized spacial score (nSPS) is 13.3. The lowest BCUT2D eigenvalue weighted by molar-refractivity contribution is 0.660. The molecular weight excluding hydrogens is 546 g/mol. The molecule has 0 N–H and O–H groups in total. The summed E-state index contributed by atoms with van der Waals surface area (Å²) in [5, 5.41) is 7.11. The molecule has 0 aliphatic heterocycles. The maximum atomic E-state index is 4.63. The summed E-state index contributed by atoms with van der Waals surface area (Å²) in [5.74, 6) is 0.682. The van der Waals surface area contributed by atoms with E-state index in [-0.39, 0.29) is 5.41 Å². The summed E-state index contributed by atoms with van der Waals surface area (Å²) in [5.41, 5.74) is 11.2. The second kappa shape index (κ2) is 9.67. The van der Waals surface area contributed by atoms with Crippen molar-refractivity contribution in [3.05, 3.63) is 151 Å². The number of fused-ring (bicyclic) bond motifs is 6. The van der Waals surface area contributed by atoms with Crippen LogP contribution in [0.25, 0.3) is 77.1 Å². The molecule has 3 nitrogen and oxygen atoms in total. The predicted octanol–water partition coefficient (Wildman–Crippen LogP) is 10.6. The predicted molar refractivity (Wildman–Crippen MR) is 186 cm³/mol. The van der Waals surface area contributed by atoms with Gasteiger partial charge in [-0.1, -0.05) is 123 Å². The van der Waals surface area contributed by atoms with Gasteiger partial charge in [0.15, 0.2) is 5.82 Å². The van der Waals surface area contributed by atoms with Crippen LogP contribution in [0.5, 0.6) is 0 Å². The van der Waals surface area contributed by atoms with Gasteiger partial charge in [-0.25, -0.2) is 15.0 Å². The lowest BCUT2D eigenvalue weighted by Crippen LogP contribution is -2.14. The Balaban J connectivity index is 1.37. The molecule has 1 aliphatic carbocycles. The van der Waals surface area contributed by atoms with Crippen LogP contribution in [-0.4, -0.2) is 15.0 Å². The first-order valence-electron chi connectivity index (χ1n) is 15.4. The fraction of sp³-hybridized carbons (Fsp3) is 0.0714. The summed E-state index contributed by atoms with van der Waals surface area (Å²) in [4.78, 5) is 13.4. The SMILES string of the molecule is CC1(C)c2ccccc2-c2ccc(-c3c4ccccc4c(-c4ncncn4)c4ccc(-c5ccc6ccccc6c5)cc34)cc21. The van der Waals surface area contributed by atoms with E-state index in [4.69, 9.17) is 0 Å². The summed E-state index contributed by atoms with van der Waals surface area (Å²) in [7, 11) is 0. The fourth-order valence-corrected chi connectivity index (χ4v) is 7.51. The summed E-state index contributed by atoms with van der Waals surface area (Å²) in [6.07, 6.45) is 3.17.